The van der Waals surface area contributed by atoms with Crippen LogP contribution < -0.4 is 20.5 Å². The fraction of sp³-hybridized carbons (Fsp3) is 0.227. The van der Waals surface area contributed by atoms with Crippen molar-refractivity contribution < 1.29 is 9.47 Å². The van der Waals surface area contributed by atoms with Gasteiger partial charge in [0.25, 0.3) is 0 Å². The highest BCUT2D eigenvalue weighted by Gasteiger charge is 2.14. The second kappa shape index (κ2) is 8.88. The monoisotopic (exact) mass is 419 g/mol. The molecule has 0 fully saturated rings. The summed E-state index contributed by atoms with van der Waals surface area (Å²) in [7, 11) is 5.56. The number of hydrogen-bond donors (Lipinski definition) is 3. The summed E-state index contributed by atoms with van der Waals surface area (Å²) in [6.45, 7) is 1.31. The van der Waals surface area contributed by atoms with E-state index in [1.54, 1.807) is 25.4 Å². The van der Waals surface area contributed by atoms with E-state index in [1.165, 1.54) is 0 Å². The Bertz CT molecular complexity index is 1190. The molecule has 4 rings (SSSR count). The molecular weight excluding hydrogens is 394 g/mol. The lowest BCUT2D eigenvalue weighted by Crippen LogP contribution is -2.19. The van der Waals surface area contributed by atoms with Gasteiger partial charge in [0, 0.05) is 24.2 Å². The highest BCUT2D eigenvalue weighted by atomic mass is 16.5. The fourth-order valence-corrected chi connectivity index (χ4v) is 3.14. The van der Waals surface area contributed by atoms with Gasteiger partial charge in [0.05, 0.1) is 29.7 Å². The van der Waals surface area contributed by atoms with Crippen molar-refractivity contribution in [3.8, 4) is 22.9 Å². The van der Waals surface area contributed by atoms with Crippen LogP contribution in [0.25, 0.3) is 22.3 Å². The van der Waals surface area contributed by atoms with E-state index in [1.807, 2.05) is 49.3 Å². The number of anilines is 3. The van der Waals surface area contributed by atoms with Crippen molar-refractivity contribution in [3.63, 3.8) is 0 Å². The molecule has 2 aromatic heterocycles. The van der Waals surface area contributed by atoms with Gasteiger partial charge in [-0.3, -0.25) is 5.10 Å². The van der Waals surface area contributed by atoms with E-state index in [0.29, 0.717) is 41.1 Å². The van der Waals surface area contributed by atoms with E-state index in [2.05, 4.69) is 25.5 Å². The molecule has 2 heterocycles. The largest absolute Gasteiger partial charge is 0.494 e. The quantitative estimate of drug-likeness (QED) is 0.373. The van der Waals surface area contributed by atoms with Crippen LogP contribution >= 0.6 is 0 Å². The molecule has 2 aromatic carbocycles. The van der Waals surface area contributed by atoms with Crippen molar-refractivity contribution in [2.75, 3.05) is 45.4 Å². The van der Waals surface area contributed by atoms with Gasteiger partial charge < -0.3 is 25.4 Å². The maximum Gasteiger partial charge on any atom is 0.227 e. The van der Waals surface area contributed by atoms with Crippen molar-refractivity contribution in [2.24, 2.45) is 0 Å². The fourth-order valence-electron chi connectivity index (χ4n) is 3.14. The summed E-state index contributed by atoms with van der Waals surface area (Å²) in [5.41, 5.74) is 9.74. The summed E-state index contributed by atoms with van der Waals surface area (Å²) < 4.78 is 11.3. The summed E-state index contributed by atoms with van der Waals surface area (Å²) >= 11 is 0. The van der Waals surface area contributed by atoms with Gasteiger partial charge in [-0.25, -0.2) is 9.97 Å². The molecule has 31 heavy (non-hydrogen) atoms. The number of aromatic amines is 1. The number of aromatic nitrogens is 4. The van der Waals surface area contributed by atoms with Gasteiger partial charge in [0.1, 0.15) is 23.8 Å². The molecule has 0 atom stereocenters. The molecule has 0 saturated heterocycles. The number of para-hydroxylation sites is 1. The molecule has 9 nitrogen and oxygen atoms in total. The molecule has 0 aliphatic heterocycles. The van der Waals surface area contributed by atoms with Gasteiger partial charge in [-0.1, -0.05) is 18.2 Å². The Labute approximate surface area is 180 Å². The maximum absolute atomic E-state index is 6.20. The van der Waals surface area contributed by atoms with E-state index in [4.69, 9.17) is 15.2 Å². The molecule has 0 spiro atoms. The number of nitrogens with one attached hydrogen (secondary N) is 2. The highest BCUT2D eigenvalue weighted by Crippen LogP contribution is 2.36. The van der Waals surface area contributed by atoms with Gasteiger partial charge in [0.15, 0.2) is 0 Å². The van der Waals surface area contributed by atoms with E-state index in [9.17, 15) is 0 Å². The lowest BCUT2D eigenvalue weighted by atomic mass is 10.1. The summed E-state index contributed by atoms with van der Waals surface area (Å²) in [5, 5.41) is 11.6. The third-order valence-corrected chi connectivity index (χ3v) is 4.74. The number of methoxy groups -OCH3 is 1. The number of H-pyrrole nitrogens is 1. The van der Waals surface area contributed by atoms with Crippen LogP contribution in [-0.2, 0) is 0 Å². The zero-order valence-electron chi connectivity index (χ0n) is 17.7. The predicted octanol–water partition coefficient (Wildman–Crippen LogP) is 3.29. The second-order valence-corrected chi connectivity index (χ2v) is 7.25. The third-order valence-electron chi connectivity index (χ3n) is 4.74. The Balaban J connectivity index is 1.59. The second-order valence-electron chi connectivity index (χ2n) is 7.25. The van der Waals surface area contributed by atoms with Crippen molar-refractivity contribution >= 4 is 28.2 Å². The molecule has 0 aliphatic rings. The Kier molecular flexibility index (Phi) is 5.85. The molecule has 4 aromatic rings. The standard InChI is InChI=1S/C22H25N7O2/c1-29(2)10-11-31-19-13-20(30-3)18(12-15(19)23)26-22-24-9-8-17(25-22)21-14-6-4-5-7-16(14)27-28-21/h4-9,12-13H,10-11,23H2,1-3H3,(H,27,28)(H,24,25,26). The first-order chi connectivity index (χ1) is 15.0. The smallest absolute Gasteiger partial charge is 0.227 e. The van der Waals surface area contributed by atoms with Crippen molar-refractivity contribution in [3.05, 3.63) is 48.7 Å². The van der Waals surface area contributed by atoms with E-state index in [0.717, 1.165) is 23.1 Å². The minimum atomic E-state index is 0.406. The van der Waals surface area contributed by atoms with Crippen LogP contribution in [0.5, 0.6) is 11.5 Å². The van der Waals surface area contributed by atoms with Gasteiger partial charge in [-0.15, -0.1) is 0 Å². The molecule has 0 amide bonds. The van der Waals surface area contributed by atoms with Crippen LogP contribution in [-0.4, -0.2) is 59.4 Å². The van der Waals surface area contributed by atoms with Crippen LogP contribution in [0, 0.1) is 0 Å². The average Bonchev–Trinajstić information content (AvgIpc) is 3.19. The number of benzene rings is 2. The first-order valence-corrected chi connectivity index (χ1v) is 9.83. The number of nitrogens with zero attached hydrogens (tertiary/aromatic N) is 4. The van der Waals surface area contributed by atoms with Gasteiger partial charge in [-0.2, -0.15) is 5.10 Å². The molecular formula is C22H25N7O2. The molecule has 4 N–H and O–H groups in total. The maximum atomic E-state index is 6.20. The predicted molar refractivity (Wildman–Crippen MR) is 122 cm³/mol. The Hall–Kier alpha value is -3.85. The van der Waals surface area contributed by atoms with Gasteiger partial charge in [0.2, 0.25) is 5.95 Å². The Morgan fingerprint density at radius 2 is 1.97 bits per heavy atom. The van der Waals surface area contributed by atoms with E-state index >= 15 is 0 Å². The van der Waals surface area contributed by atoms with E-state index in [-0.39, 0.29) is 0 Å². The van der Waals surface area contributed by atoms with Crippen LogP contribution in [0.3, 0.4) is 0 Å². The summed E-state index contributed by atoms with van der Waals surface area (Å²) in [5.74, 6) is 1.55. The van der Waals surface area contributed by atoms with Crippen LogP contribution in [0.2, 0.25) is 0 Å². The van der Waals surface area contributed by atoms with Gasteiger partial charge in [-0.05, 0) is 32.3 Å². The Morgan fingerprint density at radius 3 is 2.77 bits per heavy atom. The molecule has 0 saturated carbocycles. The van der Waals surface area contributed by atoms with Crippen molar-refractivity contribution in [1.29, 1.82) is 0 Å². The first kappa shape index (κ1) is 20.4. The third kappa shape index (κ3) is 4.51. The number of nitrogens with two attached hydrogens (primary N) is 1. The first-order valence-electron chi connectivity index (χ1n) is 9.83. The molecule has 9 heteroatoms. The zero-order valence-corrected chi connectivity index (χ0v) is 17.7. The SMILES string of the molecule is COc1cc(OCCN(C)C)c(N)cc1Nc1nccc(-c2n[nH]c3ccccc23)n1. The molecule has 0 aliphatic carbocycles. The highest BCUT2D eigenvalue weighted by molar-refractivity contribution is 5.91. The van der Waals surface area contributed by atoms with Crippen molar-refractivity contribution in [1.82, 2.24) is 25.1 Å². The number of rotatable bonds is 8. The minimum Gasteiger partial charge on any atom is -0.494 e. The Morgan fingerprint density at radius 1 is 1.13 bits per heavy atom. The minimum absolute atomic E-state index is 0.406. The normalized spacial score (nSPS) is 11.1. The molecule has 160 valence electrons. The van der Waals surface area contributed by atoms with Crippen LogP contribution in [0.1, 0.15) is 0 Å². The van der Waals surface area contributed by atoms with Crippen LogP contribution in [0.4, 0.5) is 17.3 Å². The molecule has 0 radical (unpaired) electrons. The van der Waals surface area contributed by atoms with Crippen molar-refractivity contribution in [2.45, 2.75) is 0 Å². The summed E-state index contributed by atoms with van der Waals surface area (Å²) in [6.07, 6.45) is 1.68. The van der Waals surface area contributed by atoms with Crippen LogP contribution in [0.15, 0.2) is 48.7 Å². The lowest BCUT2D eigenvalue weighted by Gasteiger charge is -2.16. The number of fused-ring (bicyclic) bond motifs is 1. The zero-order chi connectivity index (χ0) is 21.8. The number of nitrogen functional groups attached to an aromatic ring is 1. The van der Waals surface area contributed by atoms with E-state index < -0.39 is 0 Å². The number of hydrogen-bond acceptors (Lipinski definition) is 8. The topological polar surface area (TPSA) is 114 Å². The summed E-state index contributed by atoms with van der Waals surface area (Å²) in [6, 6.07) is 13.2. The molecule has 0 unspecified atom stereocenters. The number of likely N-dealkylation sites (N-methyl/N-ethyl adjacent to an activating group) is 1. The average molecular weight is 419 g/mol. The molecule has 0 bridgehead atoms. The summed E-state index contributed by atoms with van der Waals surface area (Å²) in [4.78, 5) is 11.0. The van der Waals surface area contributed by atoms with Gasteiger partial charge >= 0.3 is 0 Å². The number of ether oxygens (including phenoxy) is 2. The lowest BCUT2D eigenvalue weighted by molar-refractivity contribution is 0.261.